The van der Waals surface area contributed by atoms with E-state index in [1.165, 1.54) is 6.42 Å². The molecule has 128 valence electrons. The number of rotatable bonds is 2. The number of allylic oxidation sites excluding steroid dienone is 2. The van der Waals surface area contributed by atoms with Crippen LogP contribution < -0.4 is 0 Å². The van der Waals surface area contributed by atoms with E-state index in [1.54, 1.807) is 0 Å². The average molecular weight is 328 g/mol. The molecular formula is C20H24O4. The van der Waals surface area contributed by atoms with E-state index in [-0.39, 0.29) is 29.3 Å². The summed E-state index contributed by atoms with van der Waals surface area (Å²) in [6.45, 7) is 0. The molecule has 0 aromatic carbocycles. The van der Waals surface area contributed by atoms with E-state index < -0.39 is 5.97 Å². The van der Waals surface area contributed by atoms with E-state index in [2.05, 4.69) is 12.2 Å². The fourth-order valence-corrected chi connectivity index (χ4v) is 8.35. The lowest BCUT2D eigenvalue weighted by Gasteiger charge is -2.49. The Morgan fingerprint density at radius 1 is 1.17 bits per heavy atom. The molecule has 5 fully saturated rings. The van der Waals surface area contributed by atoms with Crippen LogP contribution in [0.4, 0.5) is 0 Å². The third-order valence-electron chi connectivity index (χ3n) is 8.86. The lowest BCUT2D eigenvalue weighted by Crippen LogP contribution is -2.47. The Hall–Kier alpha value is -1.32. The minimum absolute atomic E-state index is 0.00520. The van der Waals surface area contributed by atoms with Crippen molar-refractivity contribution in [1.29, 1.82) is 0 Å². The summed E-state index contributed by atoms with van der Waals surface area (Å²) in [6, 6.07) is 0. The quantitative estimate of drug-likeness (QED) is 0.481. The molecule has 6 rings (SSSR count). The van der Waals surface area contributed by atoms with Crippen molar-refractivity contribution in [2.45, 2.75) is 44.6 Å². The fraction of sp³-hybridized carbons (Fsp3) is 0.800. The Kier molecular flexibility index (Phi) is 2.47. The van der Waals surface area contributed by atoms with E-state index >= 15 is 0 Å². The molecule has 4 saturated carbocycles. The van der Waals surface area contributed by atoms with Crippen LogP contribution in [0.2, 0.25) is 0 Å². The summed E-state index contributed by atoms with van der Waals surface area (Å²) >= 11 is 0. The summed E-state index contributed by atoms with van der Waals surface area (Å²) in [4.78, 5) is 23.9. The Morgan fingerprint density at radius 3 is 2.83 bits per heavy atom. The van der Waals surface area contributed by atoms with E-state index in [0.29, 0.717) is 35.5 Å². The number of hydrogen-bond acceptors (Lipinski definition) is 3. The topological polar surface area (TPSA) is 63.6 Å². The Bertz CT molecular complexity index is 669. The van der Waals surface area contributed by atoms with Gasteiger partial charge in [0.15, 0.2) is 0 Å². The summed E-state index contributed by atoms with van der Waals surface area (Å²) in [5, 5.41) is 9.81. The van der Waals surface area contributed by atoms with Gasteiger partial charge in [-0.25, -0.2) is 0 Å². The number of hydrogen-bond donors (Lipinski definition) is 1. The molecule has 1 heterocycles. The molecule has 0 radical (unpaired) electrons. The Balaban J connectivity index is 1.43. The van der Waals surface area contributed by atoms with Gasteiger partial charge in [-0.2, -0.15) is 0 Å². The van der Waals surface area contributed by atoms with Crippen molar-refractivity contribution in [1.82, 2.24) is 0 Å². The molecule has 10 atom stereocenters. The van der Waals surface area contributed by atoms with Crippen molar-refractivity contribution < 1.29 is 19.4 Å². The largest absolute Gasteiger partial charge is 0.481 e. The van der Waals surface area contributed by atoms with Crippen LogP contribution in [0, 0.1) is 52.8 Å². The first-order valence-electron chi connectivity index (χ1n) is 9.70. The molecule has 24 heavy (non-hydrogen) atoms. The molecule has 0 aromatic rings. The van der Waals surface area contributed by atoms with Crippen molar-refractivity contribution >= 4 is 11.9 Å². The SMILES string of the molecule is O=C1OC2CC1CCC2C12CC(C(=O)O)C(C1)C1C3C=CC(C3)C12. The molecule has 10 unspecified atom stereocenters. The van der Waals surface area contributed by atoms with Gasteiger partial charge >= 0.3 is 11.9 Å². The first-order valence-corrected chi connectivity index (χ1v) is 9.70. The second-order valence-electron chi connectivity index (χ2n) is 9.39. The van der Waals surface area contributed by atoms with Gasteiger partial charge < -0.3 is 9.84 Å². The van der Waals surface area contributed by atoms with Gasteiger partial charge in [-0.3, -0.25) is 9.59 Å². The van der Waals surface area contributed by atoms with Crippen LogP contribution in [-0.2, 0) is 14.3 Å². The number of carbonyl (C=O) groups excluding carboxylic acids is 1. The molecular weight excluding hydrogens is 304 g/mol. The van der Waals surface area contributed by atoms with Crippen LogP contribution in [0.5, 0.6) is 0 Å². The maximum absolute atomic E-state index is 12.0. The minimum Gasteiger partial charge on any atom is -0.481 e. The van der Waals surface area contributed by atoms with Gasteiger partial charge in [-0.15, -0.1) is 0 Å². The summed E-state index contributed by atoms with van der Waals surface area (Å²) in [5.41, 5.74) is 0.114. The van der Waals surface area contributed by atoms with Gasteiger partial charge in [-0.1, -0.05) is 12.2 Å². The monoisotopic (exact) mass is 328 g/mol. The van der Waals surface area contributed by atoms with Gasteiger partial charge in [0.1, 0.15) is 6.10 Å². The van der Waals surface area contributed by atoms with Gasteiger partial charge in [0.05, 0.1) is 11.8 Å². The first-order chi connectivity index (χ1) is 11.6. The standard InChI is InChI=1S/C20H24O4/c21-18(22)13-8-20(14-4-3-11-6-15(14)24-19(11)23)7-12(13)16-9-1-2-10(5-9)17(16)20/h1-2,9-17H,3-8H2,(H,21,22). The molecule has 5 aliphatic carbocycles. The van der Waals surface area contributed by atoms with Crippen LogP contribution in [-0.4, -0.2) is 23.1 Å². The zero-order valence-corrected chi connectivity index (χ0v) is 13.8. The van der Waals surface area contributed by atoms with Crippen molar-refractivity contribution in [2.75, 3.05) is 0 Å². The van der Waals surface area contributed by atoms with E-state index in [1.807, 2.05) is 0 Å². The van der Waals surface area contributed by atoms with Crippen LogP contribution in [0.25, 0.3) is 0 Å². The maximum atomic E-state index is 12.0. The number of carbonyl (C=O) groups is 2. The van der Waals surface area contributed by atoms with Gasteiger partial charge in [0.2, 0.25) is 0 Å². The molecule has 0 spiro atoms. The Morgan fingerprint density at radius 2 is 2.00 bits per heavy atom. The molecule has 6 bridgehead atoms. The number of carboxylic acids is 1. The summed E-state index contributed by atoms with van der Waals surface area (Å²) in [6.07, 6.45) is 10.9. The zero-order chi connectivity index (χ0) is 16.2. The number of carboxylic acid groups (broad SMARTS) is 1. The van der Waals surface area contributed by atoms with Crippen LogP contribution in [0.15, 0.2) is 12.2 Å². The number of ether oxygens (including phenoxy) is 1. The molecule has 4 heteroatoms. The van der Waals surface area contributed by atoms with Crippen LogP contribution >= 0.6 is 0 Å². The summed E-state index contributed by atoms with van der Waals surface area (Å²) in [5.74, 6) is 2.58. The maximum Gasteiger partial charge on any atom is 0.309 e. The molecule has 1 aliphatic heterocycles. The van der Waals surface area contributed by atoms with Crippen molar-refractivity contribution in [3.8, 4) is 0 Å². The molecule has 4 nitrogen and oxygen atoms in total. The minimum atomic E-state index is -0.593. The van der Waals surface area contributed by atoms with Crippen LogP contribution in [0.3, 0.4) is 0 Å². The highest BCUT2D eigenvalue weighted by Crippen LogP contribution is 2.75. The molecule has 1 saturated heterocycles. The third-order valence-corrected chi connectivity index (χ3v) is 8.86. The molecule has 0 aromatic heterocycles. The normalized spacial score (nSPS) is 59.0. The summed E-state index contributed by atoms with van der Waals surface area (Å²) < 4.78 is 5.78. The molecule has 0 amide bonds. The first kappa shape index (κ1) is 13.9. The van der Waals surface area contributed by atoms with Crippen molar-refractivity contribution in [3.05, 3.63) is 12.2 Å². The van der Waals surface area contributed by atoms with E-state index in [4.69, 9.17) is 4.74 Å². The zero-order valence-electron chi connectivity index (χ0n) is 13.8. The van der Waals surface area contributed by atoms with Gasteiger partial charge in [0.25, 0.3) is 0 Å². The van der Waals surface area contributed by atoms with Crippen molar-refractivity contribution in [2.24, 2.45) is 52.8 Å². The third kappa shape index (κ3) is 1.44. The average Bonchev–Trinajstić information content (AvgIpc) is 3.34. The Labute approximate surface area is 141 Å². The second kappa shape index (κ2) is 4.25. The number of esters is 1. The second-order valence-corrected chi connectivity index (χ2v) is 9.39. The highest BCUT2D eigenvalue weighted by molar-refractivity contribution is 5.75. The van der Waals surface area contributed by atoms with E-state index in [9.17, 15) is 14.7 Å². The molecule has 1 N–H and O–H groups in total. The van der Waals surface area contributed by atoms with Gasteiger partial charge in [-0.05, 0) is 73.5 Å². The van der Waals surface area contributed by atoms with E-state index in [0.717, 1.165) is 32.1 Å². The predicted octanol–water partition coefficient (Wildman–Crippen LogP) is 2.88. The van der Waals surface area contributed by atoms with Crippen LogP contribution in [0.1, 0.15) is 38.5 Å². The number of fused-ring (bicyclic) bond motifs is 11. The smallest absolute Gasteiger partial charge is 0.309 e. The van der Waals surface area contributed by atoms with Crippen molar-refractivity contribution in [3.63, 3.8) is 0 Å². The number of aliphatic carboxylic acids is 1. The summed E-state index contributed by atoms with van der Waals surface area (Å²) in [7, 11) is 0. The predicted molar refractivity (Wildman–Crippen MR) is 84.7 cm³/mol. The lowest BCUT2D eigenvalue weighted by atomic mass is 9.55. The highest BCUT2D eigenvalue weighted by atomic mass is 16.6. The highest BCUT2D eigenvalue weighted by Gasteiger charge is 2.72. The van der Waals surface area contributed by atoms with Gasteiger partial charge in [0, 0.05) is 5.92 Å². The lowest BCUT2D eigenvalue weighted by molar-refractivity contribution is -0.150. The fourth-order valence-electron chi connectivity index (χ4n) is 8.35. The molecule has 6 aliphatic rings.